The number of carbonyl (C=O) groups excluding carboxylic acids is 3. The molecular weight excluding hydrogens is 336 g/mol. The Bertz CT molecular complexity index is 673. The summed E-state index contributed by atoms with van der Waals surface area (Å²) in [5.74, 6) is -1.54. The molecule has 24 heavy (non-hydrogen) atoms. The minimum absolute atomic E-state index is 0.00658. The van der Waals surface area contributed by atoms with Crippen molar-refractivity contribution in [3.05, 3.63) is 34.3 Å². The van der Waals surface area contributed by atoms with Gasteiger partial charge < -0.3 is 14.6 Å². The van der Waals surface area contributed by atoms with Crippen molar-refractivity contribution < 1.29 is 29.0 Å². The van der Waals surface area contributed by atoms with Crippen LogP contribution in [0.3, 0.4) is 0 Å². The molecule has 0 amide bonds. The van der Waals surface area contributed by atoms with E-state index >= 15 is 0 Å². The highest BCUT2D eigenvalue weighted by molar-refractivity contribution is 6.49. The molecule has 1 heterocycles. The highest BCUT2D eigenvalue weighted by Gasteiger charge is 2.52. The molecule has 0 bridgehead atoms. The number of fused-ring (bicyclic) bond motifs is 1. The molecule has 0 saturated carbocycles. The molecule has 6 nitrogen and oxygen atoms in total. The van der Waals surface area contributed by atoms with Crippen LogP contribution in [-0.4, -0.2) is 34.9 Å². The molecule has 130 valence electrons. The maximum atomic E-state index is 12.7. The Morgan fingerprint density at radius 1 is 1.38 bits per heavy atom. The van der Waals surface area contributed by atoms with E-state index in [1.54, 1.807) is 6.92 Å². The van der Waals surface area contributed by atoms with Crippen LogP contribution in [0.2, 0.25) is 0 Å². The second-order valence-electron chi connectivity index (χ2n) is 5.73. The van der Waals surface area contributed by atoms with Crippen molar-refractivity contribution in [2.45, 2.75) is 45.1 Å². The summed E-state index contributed by atoms with van der Waals surface area (Å²) in [6.45, 7) is 3.03. The largest absolute Gasteiger partial charge is 0.469 e. The zero-order valence-corrected chi connectivity index (χ0v) is 14.3. The lowest BCUT2D eigenvalue weighted by molar-refractivity contribution is -0.169. The minimum Gasteiger partial charge on any atom is -0.469 e. The van der Waals surface area contributed by atoms with E-state index in [-0.39, 0.29) is 29.2 Å². The predicted octanol–water partition coefficient (Wildman–Crippen LogP) is 2.30. The van der Waals surface area contributed by atoms with E-state index in [0.29, 0.717) is 25.0 Å². The monoisotopic (exact) mass is 354 g/mol. The zero-order valence-electron chi connectivity index (χ0n) is 13.6. The first-order chi connectivity index (χ1) is 11.3. The normalized spacial score (nSPS) is 23.3. The van der Waals surface area contributed by atoms with Gasteiger partial charge in [-0.25, -0.2) is 0 Å². The van der Waals surface area contributed by atoms with E-state index in [9.17, 15) is 14.4 Å². The maximum Gasteiger partial charge on any atom is 0.307 e. The lowest BCUT2D eigenvalue weighted by Gasteiger charge is -2.33. The smallest absolute Gasteiger partial charge is 0.307 e. The van der Waals surface area contributed by atoms with Gasteiger partial charge in [-0.15, -0.1) is 0 Å². The molecule has 0 radical (unpaired) electrons. The van der Waals surface area contributed by atoms with Crippen LogP contribution in [-0.2, 0) is 23.9 Å². The summed E-state index contributed by atoms with van der Waals surface area (Å²) in [6, 6.07) is 0. The fourth-order valence-corrected chi connectivity index (χ4v) is 2.82. The first-order valence-corrected chi connectivity index (χ1v) is 8.12. The summed E-state index contributed by atoms with van der Waals surface area (Å²) in [5.41, 5.74) is -1.62. The number of ether oxygens (including phenoxy) is 2. The van der Waals surface area contributed by atoms with Crippen molar-refractivity contribution >= 4 is 29.1 Å². The van der Waals surface area contributed by atoms with Gasteiger partial charge in [0.2, 0.25) is 17.2 Å². The van der Waals surface area contributed by atoms with Crippen molar-refractivity contribution in [1.82, 2.24) is 0 Å². The van der Waals surface area contributed by atoms with Crippen LogP contribution in [0.4, 0.5) is 0 Å². The van der Waals surface area contributed by atoms with Gasteiger partial charge in [-0.2, -0.15) is 0 Å². The number of aliphatic hydroxyl groups excluding tert-OH is 1. The molecule has 1 aliphatic carbocycles. The third-order valence-corrected chi connectivity index (χ3v) is 4.20. The van der Waals surface area contributed by atoms with E-state index in [1.165, 1.54) is 19.3 Å². The van der Waals surface area contributed by atoms with Crippen LogP contribution in [0.1, 0.15) is 39.5 Å². The number of halogens is 1. The van der Waals surface area contributed by atoms with Crippen LogP contribution < -0.4 is 0 Å². The molecule has 2 rings (SSSR count). The number of rotatable bonds is 6. The molecule has 1 aliphatic heterocycles. The highest BCUT2D eigenvalue weighted by Crippen LogP contribution is 2.39. The van der Waals surface area contributed by atoms with Crippen LogP contribution in [0.15, 0.2) is 34.3 Å². The predicted molar refractivity (Wildman–Crippen MR) is 85.9 cm³/mol. The Balaban J connectivity index is 2.37. The Morgan fingerprint density at radius 3 is 2.71 bits per heavy atom. The number of carbonyl (C=O) groups is 3. The zero-order chi connectivity index (χ0) is 17.9. The SMILES string of the molecule is CCCC(=O)O[C@]1(C)C(=O)C2=COC(CCCO)=CC2=C(Cl)C1=O. The van der Waals surface area contributed by atoms with Crippen molar-refractivity contribution in [1.29, 1.82) is 0 Å². The number of hydrogen-bond acceptors (Lipinski definition) is 6. The second kappa shape index (κ2) is 7.32. The van der Waals surface area contributed by atoms with Crippen molar-refractivity contribution in [3.8, 4) is 0 Å². The van der Waals surface area contributed by atoms with Gasteiger partial charge in [0.1, 0.15) is 12.0 Å². The molecule has 0 aromatic rings. The Kier molecular flexibility index (Phi) is 5.62. The van der Waals surface area contributed by atoms with Crippen LogP contribution in [0, 0.1) is 0 Å². The van der Waals surface area contributed by atoms with Gasteiger partial charge in [0.25, 0.3) is 0 Å². The second-order valence-corrected chi connectivity index (χ2v) is 6.11. The number of allylic oxidation sites excluding steroid dienone is 3. The molecule has 7 heteroatoms. The van der Waals surface area contributed by atoms with Crippen LogP contribution in [0.25, 0.3) is 0 Å². The fraction of sp³-hybridized carbons (Fsp3) is 0.471. The molecule has 0 unspecified atom stereocenters. The number of ketones is 2. The third-order valence-electron chi connectivity index (χ3n) is 3.82. The van der Waals surface area contributed by atoms with Crippen molar-refractivity contribution in [3.63, 3.8) is 0 Å². The molecule has 2 aliphatic rings. The minimum atomic E-state index is -1.97. The van der Waals surface area contributed by atoms with Crippen molar-refractivity contribution in [2.24, 2.45) is 0 Å². The standard InChI is InChI=1S/C17H19ClO6/c1-3-5-13(20)24-17(2)15(21)12-9-23-10(6-4-7-19)8-11(12)14(18)16(17)22/h8-9,19H,3-7H2,1-2H3/t17-/m1/s1. The molecular formula is C17H19ClO6. The first kappa shape index (κ1) is 18.4. The summed E-state index contributed by atoms with van der Waals surface area (Å²) in [4.78, 5) is 37.0. The van der Waals surface area contributed by atoms with Gasteiger partial charge in [0.05, 0.1) is 10.6 Å². The summed E-state index contributed by atoms with van der Waals surface area (Å²) in [6.07, 6.45) is 4.29. The number of esters is 1. The Morgan fingerprint density at radius 2 is 2.08 bits per heavy atom. The molecule has 1 N–H and O–H groups in total. The molecule has 0 saturated heterocycles. The molecule has 0 fully saturated rings. The van der Waals surface area contributed by atoms with Crippen LogP contribution in [0.5, 0.6) is 0 Å². The Labute approximate surface area is 144 Å². The maximum absolute atomic E-state index is 12.7. The average Bonchev–Trinajstić information content (AvgIpc) is 2.56. The first-order valence-electron chi connectivity index (χ1n) is 7.75. The lowest BCUT2D eigenvalue weighted by Crippen LogP contribution is -2.51. The molecule has 0 spiro atoms. The Hall–Kier alpha value is -1.92. The quantitative estimate of drug-likeness (QED) is 0.581. The van der Waals surface area contributed by atoms with E-state index in [4.69, 9.17) is 26.2 Å². The topological polar surface area (TPSA) is 89.9 Å². The lowest BCUT2D eigenvalue weighted by atomic mass is 9.80. The summed E-state index contributed by atoms with van der Waals surface area (Å²) < 4.78 is 10.5. The number of hydrogen-bond donors (Lipinski definition) is 1. The van der Waals surface area contributed by atoms with Gasteiger partial charge in [-0.3, -0.25) is 14.4 Å². The van der Waals surface area contributed by atoms with E-state index < -0.39 is 23.1 Å². The van der Waals surface area contributed by atoms with Gasteiger partial charge in [0, 0.05) is 25.0 Å². The molecule has 1 atom stereocenters. The van der Waals surface area contributed by atoms with E-state index in [2.05, 4.69) is 0 Å². The number of Topliss-reactive ketones (excluding diaryl/α,β-unsaturated/α-hetero) is 2. The number of aliphatic hydroxyl groups is 1. The van der Waals surface area contributed by atoms with E-state index in [1.807, 2.05) is 0 Å². The molecule has 0 aromatic carbocycles. The fourth-order valence-electron chi connectivity index (χ4n) is 2.48. The van der Waals surface area contributed by atoms with Crippen molar-refractivity contribution in [2.75, 3.05) is 6.61 Å². The van der Waals surface area contributed by atoms with Gasteiger partial charge in [-0.1, -0.05) is 18.5 Å². The van der Waals surface area contributed by atoms with Gasteiger partial charge >= 0.3 is 5.97 Å². The van der Waals surface area contributed by atoms with Crippen LogP contribution >= 0.6 is 11.6 Å². The molecule has 0 aromatic heterocycles. The summed E-state index contributed by atoms with van der Waals surface area (Å²) in [7, 11) is 0. The van der Waals surface area contributed by atoms with Gasteiger partial charge in [-0.05, 0) is 25.8 Å². The summed E-state index contributed by atoms with van der Waals surface area (Å²) >= 11 is 6.15. The highest BCUT2D eigenvalue weighted by atomic mass is 35.5. The average molecular weight is 355 g/mol. The third kappa shape index (κ3) is 3.30. The van der Waals surface area contributed by atoms with Gasteiger partial charge in [0.15, 0.2) is 0 Å². The summed E-state index contributed by atoms with van der Waals surface area (Å²) in [5, 5.41) is 8.70. The van der Waals surface area contributed by atoms with E-state index in [0.717, 1.165) is 0 Å².